The summed E-state index contributed by atoms with van der Waals surface area (Å²) in [6, 6.07) is 22.3. The average molecular weight is 1000 g/mol. The molecule has 2 unspecified atom stereocenters. The van der Waals surface area contributed by atoms with Gasteiger partial charge >= 0.3 is 0 Å². The van der Waals surface area contributed by atoms with Gasteiger partial charge in [-0.25, -0.2) is 0 Å². The molecule has 20 heteroatoms. The van der Waals surface area contributed by atoms with Crippen molar-refractivity contribution in [1.29, 1.82) is 0 Å². The minimum Gasteiger partial charge on any atom is -0.492 e. The Balaban J connectivity index is 1.34. The molecule has 0 radical (unpaired) electrons. The summed E-state index contributed by atoms with van der Waals surface area (Å²) in [7, 11) is 0. The van der Waals surface area contributed by atoms with Crippen molar-refractivity contribution in [3.63, 3.8) is 0 Å². The summed E-state index contributed by atoms with van der Waals surface area (Å²) in [5, 5.41) is 27.5. The molecule has 0 fully saturated rings. The number of ketones is 2. The molecule has 4 N–H and O–H groups in total. The molecule has 4 amide bonds. The van der Waals surface area contributed by atoms with Crippen LogP contribution in [0.15, 0.2) is 118 Å². The fraction of sp³-hybridized carbons (Fsp3) is 0.250. The number of nitrogens with zero attached hydrogens (tertiary/aromatic N) is 4. The van der Waals surface area contributed by atoms with Gasteiger partial charge in [-0.1, -0.05) is 59.6 Å². The Bertz CT molecular complexity index is 2570. The zero-order chi connectivity index (χ0) is 49.3. The molecule has 0 aliphatic rings. The third-order valence-corrected chi connectivity index (χ3v) is 10.4. The molecule has 0 aliphatic carbocycles. The van der Waals surface area contributed by atoms with Gasteiger partial charge in [-0.15, -0.1) is 23.2 Å². The second kappa shape index (κ2) is 25.4. The Labute approximate surface area is 412 Å². The highest BCUT2D eigenvalue weighted by Gasteiger charge is 2.28. The lowest BCUT2D eigenvalue weighted by Crippen LogP contribution is -2.32. The molecule has 0 aliphatic heterocycles. The normalized spacial score (nSPS) is 12.0. The third-order valence-electron chi connectivity index (χ3n) is 9.59. The number of alkyl halides is 2. The van der Waals surface area contributed by atoms with E-state index in [4.69, 9.17) is 55.9 Å². The lowest BCUT2D eigenvalue weighted by Gasteiger charge is -2.19. The van der Waals surface area contributed by atoms with Gasteiger partial charge in [0, 0.05) is 56.4 Å². The van der Waals surface area contributed by atoms with E-state index in [1.54, 1.807) is 38.1 Å². The fourth-order valence-corrected chi connectivity index (χ4v) is 7.30. The molecule has 5 rings (SSSR count). The molecule has 16 nitrogen and oxygen atoms in total. The van der Waals surface area contributed by atoms with Crippen LogP contribution in [0.3, 0.4) is 0 Å². The molecule has 0 heterocycles. The Hall–Kier alpha value is -6.72. The topological polar surface area (TPSA) is 218 Å². The number of rotatable bonds is 22. The van der Waals surface area contributed by atoms with E-state index in [0.717, 1.165) is 25.0 Å². The third kappa shape index (κ3) is 14.6. The molecule has 0 bridgehead atoms. The second-order valence-corrected chi connectivity index (χ2v) is 16.3. The first-order valence-electron chi connectivity index (χ1n) is 21.0. The van der Waals surface area contributed by atoms with Gasteiger partial charge in [0.15, 0.2) is 11.6 Å². The largest absolute Gasteiger partial charge is 0.492 e. The van der Waals surface area contributed by atoms with E-state index >= 15 is 0 Å². The highest BCUT2D eigenvalue weighted by atomic mass is 35.5. The predicted molar refractivity (Wildman–Crippen MR) is 265 cm³/mol. The van der Waals surface area contributed by atoms with Crippen molar-refractivity contribution < 1.29 is 38.2 Å². The van der Waals surface area contributed by atoms with Crippen molar-refractivity contribution in [3.8, 4) is 11.5 Å². The van der Waals surface area contributed by atoms with E-state index in [1.807, 2.05) is 24.3 Å². The van der Waals surface area contributed by atoms with Gasteiger partial charge in [0.1, 0.15) is 11.5 Å². The van der Waals surface area contributed by atoms with Gasteiger partial charge in [-0.3, -0.25) is 28.8 Å². The lowest BCUT2D eigenvalue weighted by molar-refractivity contribution is -0.127. The van der Waals surface area contributed by atoms with E-state index in [2.05, 4.69) is 41.7 Å². The SMILES string of the molecule is CCOc1cc(NC(=O)C(N=Nc2cc(Cl)cc(C(=O)Nc3ccccc3CCCl)c2)C(C)=O)c(OCC)cc1NC(=O)C(N=Nc1cc(Cl)cc(C(=O)Nc2ccccc2CCCl)c1)C(C)=O. The fourth-order valence-electron chi connectivity index (χ4n) is 6.43. The minimum absolute atomic E-state index is 0.0436. The first-order valence-corrected chi connectivity index (χ1v) is 22.9. The maximum atomic E-state index is 13.7. The smallest absolute Gasteiger partial charge is 0.258 e. The first-order chi connectivity index (χ1) is 32.6. The Morgan fingerprint density at radius 1 is 0.529 bits per heavy atom. The number of ether oxygens (including phenoxy) is 2. The molecular weight excluding hydrogens is 958 g/mol. The molecule has 68 heavy (non-hydrogen) atoms. The van der Waals surface area contributed by atoms with E-state index in [1.165, 1.54) is 48.5 Å². The van der Waals surface area contributed by atoms with Crippen LogP contribution in [0.25, 0.3) is 0 Å². The zero-order valence-electron chi connectivity index (χ0n) is 37.2. The highest BCUT2D eigenvalue weighted by molar-refractivity contribution is 6.32. The van der Waals surface area contributed by atoms with Crippen molar-refractivity contribution in [2.24, 2.45) is 20.5 Å². The van der Waals surface area contributed by atoms with Crippen molar-refractivity contribution in [2.75, 3.05) is 46.2 Å². The lowest BCUT2D eigenvalue weighted by atomic mass is 10.1. The number of para-hydroxylation sites is 2. The van der Waals surface area contributed by atoms with Crippen molar-refractivity contribution >= 4 is 116 Å². The number of hydrogen-bond acceptors (Lipinski definition) is 12. The number of Topliss-reactive ketones (excluding diaryl/α,β-unsaturated/α-hetero) is 2. The maximum Gasteiger partial charge on any atom is 0.258 e. The van der Waals surface area contributed by atoms with E-state index < -0.39 is 47.3 Å². The zero-order valence-corrected chi connectivity index (χ0v) is 40.2. The number of hydrogen-bond donors (Lipinski definition) is 4. The number of amides is 4. The number of carbonyl (C=O) groups is 6. The summed E-state index contributed by atoms with van der Waals surface area (Å²) in [5.41, 5.74) is 3.37. The van der Waals surface area contributed by atoms with Crippen LogP contribution in [0.1, 0.15) is 59.5 Å². The Kier molecular flexibility index (Phi) is 19.5. The van der Waals surface area contributed by atoms with Gasteiger partial charge in [0.05, 0.1) is 36.0 Å². The van der Waals surface area contributed by atoms with Crippen LogP contribution in [-0.4, -0.2) is 72.3 Å². The van der Waals surface area contributed by atoms with Crippen LogP contribution >= 0.6 is 46.4 Å². The van der Waals surface area contributed by atoms with Gasteiger partial charge in [-0.2, -0.15) is 20.5 Å². The summed E-state index contributed by atoms with van der Waals surface area (Å²) in [5.74, 6) is -3.30. The quantitative estimate of drug-likeness (QED) is 0.0296. The highest BCUT2D eigenvalue weighted by Crippen LogP contribution is 2.38. The van der Waals surface area contributed by atoms with Crippen molar-refractivity contribution in [3.05, 3.63) is 129 Å². The number of benzene rings is 5. The number of aryl methyl sites for hydroxylation is 2. The molecule has 0 saturated carbocycles. The van der Waals surface area contributed by atoms with Crippen molar-refractivity contribution in [2.45, 2.75) is 52.6 Å². The average Bonchev–Trinajstić information content (AvgIpc) is 3.29. The standard InChI is InChI=1S/C48H46Cl4N8O8/c1-5-67-41-25-40(56-48(66)44(28(4)62)60-58-36-22-32(20-34(52)24-36)46(64)54-38-14-10-8-12-30(38)16-18-50)42(68-6-2)26-39(41)55-47(65)43(27(3)61)59-57-35-21-31(19-33(51)23-35)45(63)53-37-13-9-7-11-29(37)15-17-49/h7-14,19-26,43-44H,5-6,15-18H2,1-4H3,(H,53,63)(H,54,64)(H,55,65)(H,56,66). The first kappa shape index (κ1) is 52.3. The Morgan fingerprint density at radius 3 is 1.26 bits per heavy atom. The number of nitrogens with one attached hydrogen (secondary N) is 4. The maximum absolute atomic E-state index is 13.7. The number of azo groups is 2. The summed E-state index contributed by atoms with van der Waals surface area (Å²) in [4.78, 5) is 79.5. The van der Waals surface area contributed by atoms with Crippen LogP contribution < -0.4 is 30.7 Å². The summed E-state index contributed by atoms with van der Waals surface area (Å²) in [6.07, 6.45) is 1.06. The number of carbonyl (C=O) groups excluding carboxylic acids is 6. The van der Waals surface area contributed by atoms with Gasteiger partial charge < -0.3 is 30.7 Å². The van der Waals surface area contributed by atoms with Crippen LogP contribution in [0.4, 0.5) is 34.1 Å². The molecule has 0 aromatic heterocycles. The predicted octanol–water partition coefficient (Wildman–Crippen LogP) is 11.2. The van der Waals surface area contributed by atoms with E-state index in [0.29, 0.717) is 36.0 Å². The molecule has 5 aromatic rings. The van der Waals surface area contributed by atoms with Crippen LogP contribution in [0.5, 0.6) is 11.5 Å². The molecular formula is C48H46Cl4N8O8. The van der Waals surface area contributed by atoms with E-state index in [9.17, 15) is 28.8 Å². The summed E-state index contributed by atoms with van der Waals surface area (Å²) >= 11 is 24.5. The molecule has 5 aromatic carbocycles. The number of anilines is 4. The second-order valence-electron chi connectivity index (χ2n) is 14.6. The van der Waals surface area contributed by atoms with Gasteiger partial charge in [0.25, 0.3) is 23.6 Å². The molecule has 0 saturated heterocycles. The Morgan fingerprint density at radius 2 is 0.912 bits per heavy atom. The monoisotopic (exact) mass is 1000 g/mol. The van der Waals surface area contributed by atoms with Crippen LogP contribution in [0.2, 0.25) is 10.0 Å². The van der Waals surface area contributed by atoms with Crippen LogP contribution in [0, 0.1) is 0 Å². The summed E-state index contributed by atoms with van der Waals surface area (Å²) < 4.78 is 11.6. The number of halogens is 4. The van der Waals surface area contributed by atoms with Gasteiger partial charge in [-0.05, 0) is 100 Å². The minimum atomic E-state index is -1.66. The van der Waals surface area contributed by atoms with E-state index in [-0.39, 0.29) is 68.6 Å². The van der Waals surface area contributed by atoms with Crippen molar-refractivity contribution in [1.82, 2.24) is 0 Å². The molecule has 354 valence electrons. The van der Waals surface area contributed by atoms with Gasteiger partial charge in [0.2, 0.25) is 12.1 Å². The van der Waals surface area contributed by atoms with Crippen LogP contribution in [-0.2, 0) is 32.0 Å². The molecule has 0 spiro atoms. The summed E-state index contributed by atoms with van der Waals surface area (Å²) in [6.45, 7) is 5.88. The molecule has 2 atom stereocenters.